The monoisotopic (exact) mass is 246 g/mol. The van der Waals surface area contributed by atoms with Crippen LogP contribution in [0.3, 0.4) is 0 Å². The van der Waals surface area contributed by atoms with E-state index in [0.717, 1.165) is 24.9 Å². The van der Waals surface area contributed by atoms with Crippen LogP contribution in [0.5, 0.6) is 11.5 Å². The van der Waals surface area contributed by atoms with Gasteiger partial charge in [0.15, 0.2) is 6.29 Å². The fourth-order valence-corrected chi connectivity index (χ4v) is 1.40. The Balaban J connectivity index is 2.66. The summed E-state index contributed by atoms with van der Waals surface area (Å²) in [6.45, 7) is 3.19. The van der Waals surface area contributed by atoms with Gasteiger partial charge < -0.3 is 9.47 Å². The Labute approximate surface area is 108 Å². The van der Waals surface area contributed by atoms with Crippen LogP contribution >= 0.6 is 0 Å². The summed E-state index contributed by atoms with van der Waals surface area (Å²) in [5, 5.41) is 0. The van der Waals surface area contributed by atoms with Gasteiger partial charge in [0.25, 0.3) is 0 Å². The van der Waals surface area contributed by atoms with Crippen molar-refractivity contribution in [2.75, 3.05) is 13.2 Å². The number of carbonyl (C=O) groups excluding carboxylic acids is 1. The summed E-state index contributed by atoms with van der Waals surface area (Å²) in [5.74, 6) is 3.82. The molecule has 0 spiro atoms. The molecular formula is C15H18O3. The zero-order valence-corrected chi connectivity index (χ0v) is 10.6. The maximum atomic E-state index is 10.9. The van der Waals surface area contributed by atoms with E-state index in [1.807, 2.05) is 6.92 Å². The molecule has 1 aromatic carbocycles. The van der Waals surface area contributed by atoms with E-state index < -0.39 is 0 Å². The van der Waals surface area contributed by atoms with E-state index in [2.05, 4.69) is 5.92 Å². The molecule has 0 atom stereocenters. The first-order chi connectivity index (χ1) is 8.81. The molecule has 0 saturated carbocycles. The van der Waals surface area contributed by atoms with Crippen molar-refractivity contribution in [2.45, 2.75) is 26.2 Å². The van der Waals surface area contributed by atoms with Crippen LogP contribution in [0.4, 0.5) is 0 Å². The first kappa shape index (κ1) is 14.1. The number of unbranched alkanes of at least 4 members (excludes halogenated alkanes) is 1. The quantitative estimate of drug-likeness (QED) is 0.402. The number of ether oxygens (including phenoxy) is 2. The highest BCUT2D eigenvalue weighted by Gasteiger charge is 2.05. The van der Waals surface area contributed by atoms with Crippen molar-refractivity contribution in [1.82, 2.24) is 0 Å². The van der Waals surface area contributed by atoms with E-state index in [0.29, 0.717) is 30.9 Å². The second kappa shape index (κ2) is 8.19. The minimum atomic E-state index is 0.502. The van der Waals surface area contributed by atoms with Gasteiger partial charge in [-0.2, -0.15) is 0 Å². The molecular weight excluding hydrogens is 228 g/mol. The maximum Gasteiger partial charge on any atom is 0.153 e. The summed E-state index contributed by atoms with van der Waals surface area (Å²) >= 11 is 0. The lowest BCUT2D eigenvalue weighted by atomic mass is 10.2. The van der Waals surface area contributed by atoms with E-state index in [9.17, 15) is 4.79 Å². The summed E-state index contributed by atoms with van der Waals surface area (Å²) in [6.07, 6.45) is 8.32. The normalized spacial score (nSPS) is 9.56. The van der Waals surface area contributed by atoms with Crippen LogP contribution in [-0.4, -0.2) is 19.5 Å². The molecule has 1 rings (SSSR count). The number of hydrogen-bond acceptors (Lipinski definition) is 3. The van der Waals surface area contributed by atoms with Crippen LogP contribution < -0.4 is 9.47 Å². The summed E-state index contributed by atoms with van der Waals surface area (Å²) in [6, 6.07) is 5.22. The lowest BCUT2D eigenvalue weighted by Gasteiger charge is -2.10. The van der Waals surface area contributed by atoms with Crippen molar-refractivity contribution in [1.29, 1.82) is 0 Å². The second-order valence-corrected chi connectivity index (χ2v) is 3.82. The van der Waals surface area contributed by atoms with Crippen LogP contribution in [0.15, 0.2) is 18.2 Å². The van der Waals surface area contributed by atoms with Crippen molar-refractivity contribution in [2.24, 2.45) is 0 Å². The summed E-state index contributed by atoms with van der Waals surface area (Å²) in [5.41, 5.74) is 0.527. The average Bonchev–Trinajstić information content (AvgIpc) is 2.41. The number of terminal acetylenes is 1. The molecule has 0 N–H and O–H groups in total. The van der Waals surface area contributed by atoms with Crippen molar-refractivity contribution in [3.05, 3.63) is 23.8 Å². The molecule has 0 bridgehead atoms. The Hall–Kier alpha value is -1.95. The summed E-state index contributed by atoms with van der Waals surface area (Å²) < 4.78 is 11.0. The lowest BCUT2D eigenvalue weighted by molar-refractivity contribution is 0.111. The molecule has 0 saturated heterocycles. The van der Waals surface area contributed by atoms with Gasteiger partial charge in [0.2, 0.25) is 0 Å². The minimum Gasteiger partial charge on any atom is -0.493 e. The van der Waals surface area contributed by atoms with E-state index in [1.165, 1.54) is 0 Å². The number of carbonyl (C=O) groups is 1. The highest BCUT2D eigenvalue weighted by molar-refractivity contribution is 5.79. The van der Waals surface area contributed by atoms with Crippen LogP contribution in [-0.2, 0) is 0 Å². The molecule has 0 aromatic heterocycles. The Kier molecular flexibility index (Phi) is 6.42. The van der Waals surface area contributed by atoms with Gasteiger partial charge in [-0.3, -0.25) is 4.79 Å². The molecule has 3 heteroatoms. The predicted molar refractivity (Wildman–Crippen MR) is 71.2 cm³/mol. The summed E-state index contributed by atoms with van der Waals surface area (Å²) in [7, 11) is 0. The predicted octanol–water partition coefficient (Wildman–Crippen LogP) is 3.08. The van der Waals surface area contributed by atoms with Crippen LogP contribution in [0.25, 0.3) is 0 Å². The Bertz CT molecular complexity index is 418. The third-order valence-electron chi connectivity index (χ3n) is 2.31. The number of aldehydes is 1. The molecule has 18 heavy (non-hydrogen) atoms. The third kappa shape index (κ3) is 4.50. The maximum absolute atomic E-state index is 10.9. The Morgan fingerprint density at radius 2 is 2.17 bits per heavy atom. The number of rotatable bonds is 8. The van der Waals surface area contributed by atoms with Crippen molar-refractivity contribution >= 4 is 6.29 Å². The van der Waals surface area contributed by atoms with Gasteiger partial charge in [0, 0.05) is 12.5 Å². The SMILES string of the molecule is C#CCCCOc1cc(OCCC)ccc1C=O. The topological polar surface area (TPSA) is 35.5 Å². The van der Waals surface area contributed by atoms with Crippen LogP contribution in [0.1, 0.15) is 36.5 Å². The zero-order valence-electron chi connectivity index (χ0n) is 10.6. The van der Waals surface area contributed by atoms with Gasteiger partial charge in [0.1, 0.15) is 11.5 Å². The molecule has 0 heterocycles. The molecule has 0 fully saturated rings. The zero-order chi connectivity index (χ0) is 13.2. The van der Waals surface area contributed by atoms with E-state index in [1.54, 1.807) is 18.2 Å². The van der Waals surface area contributed by atoms with Gasteiger partial charge in [0.05, 0.1) is 18.8 Å². The molecule has 96 valence electrons. The Morgan fingerprint density at radius 1 is 1.33 bits per heavy atom. The smallest absolute Gasteiger partial charge is 0.153 e. The summed E-state index contributed by atoms with van der Waals surface area (Å²) in [4.78, 5) is 10.9. The van der Waals surface area contributed by atoms with Crippen molar-refractivity contribution in [3.63, 3.8) is 0 Å². The van der Waals surface area contributed by atoms with E-state index in [4.69, 9.17) is 15.9 Å². The standard InChI is InChI=1S/C15H18O3/c1-3-5-6-10-18-15-11-14(17-9-4-2)8-7-13(15)12-16/h1,7-8,11-12H,4-6,9-10H2,2H3. The Morgan fingerprint density at radius 3 is 2.83 bits per heavy atom. The number of hydrogen-bond donors (Lipinski definition) is 0. The number of benzene rings is 1. The molecule has 1 aromatic rings. The van der Waals surface area contributed by atoms with E-state index in [-0.39, 0.29) is 0 Å². The van der Waals surface area contributed by atoms with Crippen LogP contribution in [0.2, 0.25) is 0 Å². The van der Waals surface area contributed by atoms with Crippen molar-refractivity contribution in [3.8, 4) is 23.8 Å². The highest BCUT2D eigenvalue weighted by atomic mass is 16.5. The fourth-order valence-electron chi connectivity index (χ4n) is 1.40. The molecule has 0 aliphatic carbocycles. The molecule has 3 nitrogen and oxygen atoms in total. The first-order valence-corrected chi connectivity index (χ1v) is 6.10. The van der Waals surface area contributed by atoms with Crippen molar-refractivity contribution < 1.29 is 14.3 Å². The van der Waals surface area contributed by atoms with Gasteiger partial charge in [-0.25, -0.2) is 0 Å². The third-order valence-corrected chi connectivity index (χ3v) is 2.31. The minimum absolute atomic E-state index is 0.502. The average molecular weight is 246 g/mol. The van der Waals surface area contributed by atoms with Gasteiger partial charge in [-0.15, -0.1) is 12.3 Å². The van der Waals surface area contributed by atoms with Gasteiger partial charge >= 0.3 is 0 Å². The van der Waals surface area contributed by atoms with Gasteiger partial charge in [-0.05, 0) is 25.0 Å². The largest absolute Gasteiger partial charge is 0.493 e. The molecule has 0 amide bonds. The van der Waals surface area contributed by atoms with Crippen LogP contribution in [0, 0.1) is 12.3 Å². The highest BCUT2D eigenvalue weighted by Crippen LogP contribution is 2.24. The lowest BCUT2D eigenvalue weighted by Crippen LogP contribution is -2.01. The molecule has 0 unspecified atom stereocenters. The van der Waals surface area contributed by atoms with E-state index >= 15 is 0 Å². The molecule has 0 radical (unpaired) electrons. The second-order valence-electron chi connectivity index (χ2n) is 3.82. The molecule has 0 aliphatic heterocycles. The molecule has 0 aliphatic rings. The first-order valence-electron chi connectivity index (χ1n) is 6.10. The van der Waals surface area contributed by atoms with Gasteiger partial charge in [-0.1, -0.05) is 6.92 Å². The fraction of sp³-hybridized carbons (Fsp3) is 0.400.